The molecule has 1 unspecified atom stereocenters. The lowest BCUT2D eigenvalue weighted by atomic mass is 10.2. The smallest absolute Gasteiger partial charge is 0.320 e. The second-order valence-electron chi connectivity index (χ2n) is 4.54. The molecule has 0 aliphatic rings. The first-order chi connectivity index (χ1) is 7.74. The van der Waals surface area contributed by atoms with Crippen LogP contribution in [0.1, 0.15) is 6.42 Å². The summed E-state index contributed by atoms with van der Waals surface area (Å²) in [7, 11) is 3.64. The first kappa shape index (κ1) is 16.2. The molecule has 0 saturated carbocycles. The first-order valence-electron chi connectivity index (χ1n) is 5.32. The molecule has 0 aromatic rings. The van der Waals surface area contributed by atoms with E-state index in [1.165, 1.54) is 0 Å². The fourth-order valence-corrected chi connectivity index (χ4v) is 2.42. The molecule has 0 radical (unpaired) electrons. The molecule has 17 heavy (non-hydrogen) atoms. The van der Waals surface area contributed by atoms with Gasteiger partial charge in [-0.2, -0.15) is 11.8 Å². The van der Waals surface area contributed by atoms with E-state index in [1.54, 1.807) is 11.8 Å². The highest BCUT2D eigenvalue weighted by molar-refractivity contribution is 7.99. The highest BCUT2D eigenvalue weighted by atomic mass is 32.2. The maximum absolute atomic E-state index is 10.5. The Morgan fingerprint density at radius 1 is 1.41 bits per heavy atom. The van der Waals surface area contributed by atoms with E-state index in [2.05, 4.69) is 0 Å². The van der Waals surface area contributed by atoms with Crippen LogP contribution in [0.15, 0.2) is 0 Å². The van der Waals surface area contributed by atoms with Crippen molar-refractivity contribution in [1.82, 2.24) is 0 Å². The third-order valence-corrected chi connectivity index (χ3v) is 3.28. The molecular weight excluding hydrogens is 244 g/mol. The summed E-state index contributed by atoms with van der Waals surface area (Å²) < 4.78 is 0.361. The number of hydrogen-bond acceptors (Lipinski definition) is 5. The molecular formula is C10H20N2O4S. The topological polar surface area (TPSA) is 103 Å². The van der Waals surface area contributed by atoms with Crippen molar-refractivity contribution in [3.8, 4) is 0 Å². The van der Waals surface area contributed by atoms with Gasteiger partial charge in [0.25, 0.3) is 0 Å². The number of likely N-dealkylation sites (N-methyl/N-ethyl adjacent to an activating group) is 1. The summed E-state index contributed by atoms with van der Waals surface area (Å²) in [4.78, 5) is 20.9. The van der Waals surface area contributed by atoms with Crippen LogP contribution in [0.2, 0.25) is 0 Å². The molecule has 0 aliphatic carbocycles. The zero-order chi connectivity index (χ0) is 13.5. The maximum atomic E-state index is 10.5. The number of carbonyl (C=O) groups excluding carboxylic acids is 1. The van der Waals surface area contributed by atoms with E-state index in [-0.39, 0.29) is 6.54 Å². The van der Waals surface area contributed by atoms with E-state index in [0.717, 1.165) is 5.75 Å². The molecule has 0 aliphatic heterocycles. The number of thioether (sulfide) groups is 1. The minimum Gasteiger partial charge on any atom is -0.544 e. The van der Waals surface area contributed by atoms with Crippen LogP contribution in [0.4, 0.5) is 0 Å². The summed E-state index contributed by atoms with van der Waals surface area (Å²) in [6, 6.07) is -0.812. The summed E-state index contributed by atoms with van der Waals surface area (Å²) in [6.07, 6.45) is 0.425. The molecule has 3 N–H and O–H groups in total. The number of quaternary nitrogens is 1. The Balaban J connectivity index is 3.64. The van der Waals surface area contributed by atoms with Gasteiger partial charge in [0.15, 0.2) is 0 Å². The van der Waals surface area contributed by atoms with Crippen LogP contribution in [0, 0.1) is 0 Å². The van der Waals surface area contributed by atoms with E-state index in [0.29, 0.717) is 23.2 Å². The molecule has 1 atom stereocenters. The van der Waals surface area contributed by atoms with Crippen LogP contribution in [-0.4, -0.2) is 66.3 Å². The Bertz CT molecular complexity index is 271. The van der Waals surface area contributed by atoms with Gasteiger partial charge in [-0.25, -0.2) is 0 Å². The second kappa shape index (κ2) is 7.52. The van der Waals surface area contributed by atoms with Gasteiger partial charge >= 0.3 is 5.97 Å². The molecule has 0 spiro atoms. The van der Waals surface area contributed by atoms with Gasteiger partial charge in [0.2, 0.25) is 0 Å². The predicted octanol–water partition coefficient (Wildman–Crippen LogP) is -1.65. The molecule has 0 aromatic heterocycles. The molecule has 0 amide bonds. The van der Waals surface area contributed by atoms with E-state index >= 15 is 0 Å². The SMILES string of the molecule is C[N+](C)(CCSCCC(N)C(=O)O)CC(=O)[O-]. The molecule has 0 heterocycles. The average molecular weight is 264 g/mol. The summed E-state index contributed by atoms with van der Waals surface area (Å²) in [5, 5.41) is 19.0. The van der Waals surface area contributed by atoms with Gasteiger partial charge in [-0.1, -0.05) is 0 Å². The highest BCUT2D eigenvalue weighted by Crippen LogP contribution is 2.07. The number of aliphatic carboxylic acids is 2. The molecule has 0 bridgehead atoms. The zero-order valence-corrected chi connectivity index (χ0v) is 11.0. The minimum atomic E-state index is -1.06. The van der Waals surface area contributed by atoms with Gasteiger partial charge < -0.3 is 25.2 Å². The Labute approximate surface area is 105 Å². The Kier molecular flexibility index (Phi) is 7.17. The van der Waals surface area contributed by atoms with Crippen molar-refractivity contribution in [1.29, 1.82) is 0 Å². The van der Waals surface area contributed by atoms with Crippen LogP contribution < -0.4 is 10.8 Å². The maximum Gasteiger partial charge on any atom is 0.320 e. The lowest BCUT2D eigenvalue weighted by molar-refractivity contribution is -0.882. The lowest BCUT2D eigenvalue weighted by Crippen LogP contribution is -2.49. The first-order valence-corrected chi connectivity index (χ1v) is 6.48. The van der Waals surface area contributed by atoms with Crippen LogP contribution in [-0.2, 0) is 9.59 Å². The van der Waals surface area contributed by atoms with Crippen molar-refractivity contribution in [3.05, 3.63) is 0 Å². The van der Waals surface area contributed by atoms with Gasteiger partial charge in [-0.3, -0.25) is 4.79 Å². The largest absolute Gasteiger partial charge is 0.544 e. The zero-order valence-electron chi connectivity index (χ0n) is 10.2. The summed E-state index contributed by atoms with van der Waals surface area (Å²) >= 11 is 1.58. The summed E-state index contributed by atoms with van der Waals surface area (Å²) in [5.41, 5.74) is 5.35. The number of carboxylic acids is 2. The van der Waals surface area contributed by atoms with E-state index in [1.807, 2.05) is 14.1 Å². The van der Waals surface area contributed by atoms with Crippen LogP contribution in [0.25, 0.3) is 0 Å². The van der Waals surface area contributed by atoms with Crippen LogP contribution in [0.5, 0.6) is 0 Å². The van der Waals surface area contributed by atoms with Gasteiger partial charge in [0.1, 0.15) is 12.6 Å². The molecule has 100 valence electrons. The van der Waals surface area contributed by atoms with Gasteiger partial charge in [0.05, 0.1) is 26.6 Å². The van der Waals surface area contributed by atoms with Crippen molar-refractivity contribution in [2.75, 3.05) is 38.7 Å². The molecule has 0 saturated heterocycles. The highest BCUT2D eigenvalue weighted by Gasteiger charge is 2.15. The number of nitrogens with two attached hydrogens (primary N) is 1. The van der Waals surface area contributed by atoms with Crippen LogP contribution >= 0.6 is 11.8 Å². The molecule has 0 aromatic carbocycles. The van der Waals surface area contributed by atoms with Crippen LogP contribution in [0.3, 0.4) is 0 Å². The number of rotatable bonds is 9. The average Bonchev–Trinajstić information content (AvgIpc) is 2.14. The standard InChI is InChI=1S/C10H20N2O4S/c1-12(2,7-9(13)14)4-6-17-5-3-8(11)10(15)16/h8H,3-7,11H2,1-2H3,(H-,13,14,15,16). The van der Waals surface area contributed by atoms with Gasteiger partial charge in [0, 0.05) is 5.75 Å². The Morgan fingerprint density at radius 3 is 2.47 bits per heavy atom. The molecule has 6 nitrogen and oxygen atoms in total. The number of hydrogen-bond donors (Lipinski definition) is 2. The molecule has 0 fully saturated rings. The van der Waals surface area contributed by atoms with Crippen molar-refractivity contribution < 1.29 is 24.3 Å². The lowest BCUT2D eigenvalue weighted by Gasteiger charge is -2.29. The van der Waals surface area contributed by atoms with E-state index in [9.17, 15) is 14.7 Å². The Hall–Kier alpha value is -0.790. The second-order valence-corrected chi connectivity index (χ2v) is 5.76. The minimum absolute atomic E-state index is 0.0187. The van der Waals surface area contributed by atoms with Gasteiger partial charge in [-0.15, -0.1) is 0 Å². The molecule has 7 heteroatoms. The third-order valence-electron chi connectivity index (χ3n) is 2.29. The summed E-state index contributed by atoms with van der Waals surface area (Å²) in [6.45, 7) is 0.677. The fraction of sp³-hybridized carbons (Fsp3) is 0.800. The third kappa shape index (κ3) is 8.96. The van der Waals surface area contributed by atoms with Crippen molar-refractivity contribution in [2.45, 2.75) is 12.5 Å². The monoisotopic (exact) mass is 264 g/mol. The quantitative estimate of drug-likeness (QED) is 0.382. The van der Waals surface area contributed by atoms with Crippen molar-refractivity contribution >= 4 is 23.7 Å². The number of carbonyl (C=O) groups is 2. The number of carboxylic acid groups (broad SMARTS) is 2. The van der Waals surface area contributed by atoms with Crippen molar-refractivity contribution in [3.63, 3.8) is 0 Å². The van der Waals surface area contributed by atoms with Gasteiger partial charge in [-0.05, 0) is 12.2 Å². The number of nitrogens with zero attached hydrogens (tertiary/aromatic N) is 1. The predicted molar refractivity (Wildman–Crippen MR) is 64.4 cm³/mol. The van der Waals surface area contributed by atoms with E-state index < -0.39 is 18.0 Å². The van der Waals surface area contributed by atoms with Crippen molar-refractivity contribution in [2.24, 2.45) is 5.73 Å². The normalized spacial score (nSPS) is 13.4. The molecule has 0 rings (SSSR count). The summed E-state index contributed by atoms with van der Waals surface area (Å²) in [5.74, 6) is -0.614. The van der Waals surface area contributed by atoms with E-state index in [4.69, 9.17) is 10.8 Å². The Morgan fingerprint density at radius 2 is 2.00 bits per heavy atom. The fourth-order valence-electron chi connectivity index (χ4n) is 1.18.